The molecule has 0 unspecified atom stereocenters. The summed E-state index contributed by atoms with van der Waals surface area (Å²) in [4.78, 5) is 12.5. The van der Waals surface area contributed by atoms with Crippen LogP contribution in [0.3, 0.4) is 0 Å². The molecule has 3 atom stereocenters. The molecule has 0 aromatic heterocycles. The highest BCUT2D eigenvalue weighted by Crippen LogP contribution is 2.56. The van der Waals surface area contributed by atoms with Gasteiger partial charge in [-0.15, -0.1) is 0 Å². The minimum atomic E-state index is -0.408. The first kappa shape index (κ1) is 13.6. The number of Topliss-reactive ketones (excluding diaryl/α,β-unsaturated/α-hetero) is 1. The molecule has 2 heteroatoms. The van der Waals surface area contributed by atoms with Gasteiger partial charge in [0.2, 0.25) is 0 Å². The fourth-order valence-electron chi connectivity index (χ4n) is 3.81. The number of benzene rings is 1. The Bertz CT molecular complexity index is 584. The van der Waals surface area contributed by atoms with Gasteiger partial charge in [0.15, 0.2) is 0 Å². The number of hydrogen-bond donors (Lipinski definition) is 0. The molecule has 20 heavy (non-hydrogen) atoms. The highest BCUT2D eigenvalue weighted by molar-refractivity contribution is 6.01. The van der Waals surface area contributed by atoms with Gasteiger partial charge in [0, 0.05) is 19.4 Å². The van der Waals surface area contributed by atoms with Gasteiger partial charge in [0.05, 0.1) is 11.0 Å². The molecule has 1 aromatic rings. The van der Waals surface area contributed by atoms with Crippen LogP contribution >= 0.6 is 0 Å². The SMILES string of the molecule is CO[C@@]1(C)C[C@]2(C)C(=O)C[C@H]1C=C2c1ccc(C)cc1. The molecule has 106 valence electrons. The highest BCUT2D eigenvalue weighted by Gasteiger charge is 2.55. The quantitative estimate of drug-likeness (QED) is 0.817. The summed E-state index contributed by atoms with van der Waals surface area (Å²) in [6.07, 6.45) is 3.66. The van der Waals surface area contributed by atoms with Gasteiger partial charge in [-0.1, -0.05) is 35.9 Å². The lowest BCUT2D eigenvalue weighted by molar-refractivity contribution is -0.144. The van der Waals surface area contributed by atoms with E-state index in [1.165, 1.54) is 16.7 Å². The summed E-state index contributed by atoms with van der Waals surface area (Å²) >= 11 is 0. The molecule has 1 fully saturated rings. The average Bonchev–Trinajstić information content (AvgIpc) is 2.42. The fraction of sp³-hybridized carbons (Fsp3) is 0.500. The van der Waals surface area contributed by atoms with Crippen LogP contribution in [-0.2, 0) is 9.53 Å². The Morgan fingerprint density at radius 1 is 1.20 bits per heavy atom. The summed E-state index contributed by atoms with van der Waals surface area (Å²) in [5, 5.41) is 0. The topological polar surface area (TPSA) is 26.3 Å². The molecule has 4 rings (SSSR count). The zero-order valence-electron chi connectivity index (χ0n) is 12.7. The minimum Gasteiger partial charge on any atom is -0.378 e. The first-order valence-electron chi connectivity index (χ1n) is 7.27. The van der Waals surface area contributed by atoms with Gasteiger partial charge in [-0.25, -0.2) is 0 Å². The molecule has 0 N–H and O–H groups in total. The number of methoxy groups -OCH3 is 1. The average molecular weight is 270 g/mol. The smallest absolute Gasteiger partial charge is 0.143 e. The van der Waals surface area contributed by atoms with E-state index in [1.54, 1.807) is 7.11 Å². The molecule has 3 aliphatic carbocycles. The van der Waals surface area contributed by atoms with Crippen molar-refractivity contribution in [2.24, 2.45) is 11.3 Å². The van der Waals surface area contributed by atoms with E-state index in [1.807, 2.05) is 0 Å². The number of ether oxygens (including phenoxy) is 1. The van der Waals surface area contributed by atoms with Crippen molar-refractivity contribution in [1.82, 2.24) is 0 Å². The number of fused-ring (bicyclic) bond motifs is 2. The Balaban J connectivity index is 2.10. The zero-order chi connectivity index (χ0) is 14.5. The van der Waals surface area contributed by atoms with E-state index in [2.05, 4.69) is 51.1 Å². The molecule has 2 nitrogen and oxygen atoms in total. The van der Waals surface area contributed by atoms with Crippen LogP contribution < -0.4 is 0 Å². The predicted octanol–water partition coefficient (Wildman–Crippen LogP) is 3.78. The van der Waals surface area contributed by atoms with Crippen LogP contribution in [-0.4, -0.2) is 18.5 Å². The second-order valence-corrected chi connectivity index (χ2v) is 6.71. The molecule has 0 heterocycles. The van der Waals surface area contributed by atoms with Crippen LogP contribution in [0, 0.1) is 18.3 Å². The maximum Gasteiger partial charge on any atom is 0.143 e. The second kappa shape index (κ2) is 4.29. The summed E-state index contributed by atoms with van der Waals surface area (Å²) < 4.78 is 5.73. The largest absolute Gasteiger partial charge is 0.378 e. The molecule has 2 bridgehead atoms. The Kier molecular flexibility index (Phi) is 2.91. The molecule has 0 spiro atoms. The van der Waals surface area contributed by atoms with E-state index in [0.29, 0.717) is 12.2 Å². The van der Waals surface area contributed by atoms with Gasteiger partial charge < -0.3 is 4.74 Å². The summed E-state index contributed by atoms with van der Waals surface area (Å²) in [5.74, 6) is 0.549. The molecular formula is C18H22O2. The Hall–Kier alpha value is -1.41. The molecule has 1 saturated carbocycles. The standard InChI is InChI=1S/C18H22O2/c1-12-5-7-13(8-6-12)15-9-14-10-16(19)17(15,2)11-18(14,3)20-4/h5-9,14H,10-11H2,1-4H3/t14-,17+,18+/m1/s1. The van der Waals surface area contributed by atoms with Gasteiger partial charge in [-0.3, -0.25) is 4.79 Å². The van der Waals surface area contributed by atoms with Crippen LogP contribution in [0.2, 0.25) is 0 Å². The fourth-order valence-corrected chi connectivity index (χ4v) is 3.81. The monoisotopic (exact) mass is 270 g/mol. The van der Waals surface area contributed by atoms with Crippen LogP contribution in [0.5, 0.6) is 0 Å². The molecule has 0 amide bonds. The van der Waals surface area contributed by atoms with Gasteiger partial charge in [-0.05, 0) is 38.3 Å². The van der Waals surface area contributed by atoms with Gasteiger partial charge >= 0.3 is 0 Å². The number of ketones is 1. The van der Waals surface area contributed by atoms with E-state index in [4.69, 9.17) is 4.74 Å². The van der Waals surface area contributed by atoms with Crippen molar-refractivity contribution < 1.29 is 9.53 Å². The number of carbonyl (C=O) groups is 1. The number of hydrogen-bond acceptors (Lipinski definition) is 2. The summed E-state index contributed by atoms with van der Waals surface area (Å²) in [7, 11) is 1.76. The van der Waals surface area contributed by atoms with Crippen molar-refractivity contribution in [3.8, 4) is 0 Å². The highest BCUT2D eigenvalue weighted by atomic mass is 16.5. The van der Waals surface area contributed by atoms with Gasteiger partial charge in [-0.2, -0.15) is 0 Å². The predicted molar refractivity (Wildman–Crippen MR) is 80.4 cm³/mol. The van der Waals surface area contributed by atoms with Crippen LogP contribution in [0.1, 0.15) is 37.8 Å². The van der Waals surface area contributed by atoms with Crippen molar-refractivity contribution >= 4 is 11.4 Å². The first-order chi connectivity index (χ1) is 9.39. The van der Waals surface area contributed by atoms with Gasteiger partial charge in [0.25, 0.3) is 0 Å². The molecule has 0 aliphatic heterocycles. The minimum absolute atomic E-state index is 0.193. The van der Waals surface area contributed by atoms with Crippen molar-refractivity contribution in [3.63, 3.8) is 0 Å². The van der Waals surface area contributed by atoms with E-state index in [-0.39, 0.29) is 11.5 Å². The molecule has 1 aromatic carbocycles. The third-order valence-electron chi connectivity index (χ3n) is 5.30. The third-order valence-corrected chi connectivity index (χ3v) is 5.30. The third kappa shape index (κ3) is 1.78. The summed E-state index contributed by atoms with van der Waals surface area (Å²) in [6.45, 7) is 6.29. The van der Waals surface area contributed by atoms with E-state index in [0.717, 1.165) is 6.42 Å². The Labute approximate surface area is 120 Å². The number of carbonyl (C=O) groups excluding carboxylic acids is 1. The van der Waals surface area contributed by atoms with Crippen molar-refractivity contribution in [3.05, 3.63) is 41.5 Å². The lowest BCUT2D eigenvalue weighted by atomic mass is 9.54. The second-order valence-electron chi connectivity index (χ2n) is 6.71. The van der Waals surface area contributed by atoms with Crippen LogP contribution in [0.4, 0.5) is 0 Å². The van der Waals surface area contributed by atoms with Crippen LogP contribution in [0.15, 0.2) is 30.3 Å². The maximum absolute atomic E-state index is 12.5. The van der Waals surface area contributed by atoms with E-state index in [9.17, 15) is 4.79 Å². The summed E-state index contributed by atoms with van der Waals surface area (Å²) in [5.41, 5.74) is 2.99. The molecule has 3 aliphatic rings. The van der Waals surface area contributed by atoms with E-state index < -0.39 is 5.41 Å². The number of allylic oxidation sites excluding steroid dienone is 1. The van der Waals surface area contributed by atoms with E-state index >= 15 is 0 Å². The summed E-state index contributed by atoms with van der Waals surface area (Å²) in [6, 6.07) is 8.48. The number of aryl methyl sites for hydroxylation is 1. The zero-order valence-corrected chi connectivity index (χ0v) is 12.7. The van der Waals surface area contributed by atoms with Crippen molar-refractivity contribution in [1.29, 1.82) is 0 Å². The lowest BCUT2D eigenvalue weighted by Crippen LogP contribution is -2.54. The number of rotatable bonds is 2. The van der Waals surface area contributed by atoms with Gasteiger partial charge in [0.1, 0.15) is 5.78 Å². The molecule has 0 saturated heterocycles. The molecular weight excluding hydrogens is 248 g/mol. The maximum atomic E-state index is 12.5. The first-order valence-corrected chi connectivity index (χ1v) is 7.27. The van der Waals surface area contributed by atoms with Crippen molar-refractivity contribution in [2.45, 2.75) is 39.2 Å². The van der Waals surface area contributed by atoms with Crippen LogP contribution in [0.25, 0.3) is 5.57 Å². The Morgan fingerprint density at radius 2 is 1.85 bits per heavy atom. The lowest BCUT2D eigenvalue weighted by Gasteiger charge is -2.52. The normalized spacial score (nSPS) is 36.1. The van der Waals surface area contributed by atoms with Crippen molar-refractivity contribution in [2.75, 3.05) is 7.11 Å². The molecule has 0 radical (unpaired) electrons. The Morgan fingerprint density at radius 3 is 2.45 bits per heavy atom.